The van der Waals surface area contributed by atoms with Gasteiger partial charge in [-0.05, 0) is 35.3 Å². The maximum absolute atomic E-state index is 13.0. The lowest BCUT2D eigenvalue weighted by Crippen LogP contribution is -2.39. The highest BCUT2D eigenvalue weighted by Gasteiger charge is 2.50. The van der Waals surface area contributed by atoms with Crippen molar-refractivity contribution >= 4 is 11.8 Å². The van der Waals surface area contributed by atoms with E-state index in [2.05, 4.69) is 26.0 Å². The molecule has 1 aliphatic heterocycles. The van der Waals surface area contributed by atoms with E-state index in [1.165, 1.54) is 5.56 Å². The summed E-state index contributed by atoms with van der Waals surface area (Å²) in [6.45, 7) is 5.50. The molecule has 5 heteroatoms. The van der Waals surface area contributed by atoms with Crippen molar-refractivity contribution < 1.29 is 9.59 Å². The third kappa shape index (κ3) is 3.46. The molecule has 1 heterocycles. The Morgan fingerprint density at radius 1 is 1.33 bits per heavy atom. The molecule has 0 spiro atoms. The fraction of sp³-hybridized carbons (Fsp3) is 0.579. The van der Waals surface area contributed by atoms with Crippen LogP contribution in [0.3, 0.4) is 0 Å². The van der Waals surface area contributed by atoms with E-state index in [-0.39, 0.29) is 41.5 Å². The summed E-state index contributed by atoms with van der Waals surface area (Å²) in [4.78, 5) is 26.2. The predicted octanol–water partition coefficient (Wildman–Crippen LogP) is 1.75. The molecule has 0 bridgehead atoms. The zero-order chi connectivity index (χ0) is 17.5. The largest absolute Gasteiger partial charge is 0.370 e. The quantitative estimate of drug-likeness (QED) is 0.862. The number of primary amides is 1. The molecule has 1 aliphatic carbocycles. The first-order valence-electron chi connectivity index (χ1n) is 8.68. The van der Waals surface area contributed by atoms with Gasteiger partial charge in [-0.1, -0.05) is 38.1 Å². The number of hydrogen-bond donors (Lipinski definition) is 2. The summed E-state index contributed by atoms with van der Waals surface area (Å²) in [5.41, 5.74) is 13.4. The molecule has 1 saturated carbocycles. The topological polar surface area (TPSA) is 89.4 Å². The zero-order valence-electron chi connectivity index (χ0n) is 14.5. The number of hydrogen-bond acceptors (Lipinski definition) is 3. The molecule has 2 fully saturated rings. The summed E-state index contributed by atoms with van der Waals surface area (Å²) in [6.07, 6.45) is 1.98. The molecule has 24 heavy (non-hydrogen) atoms. The van der Waals surface area contributed by atoms with Gasteiger partial charge in [0.05, 0.1) is 0 Å². The van der Waals surface area contributed by atoms with E-state index in [1.807, 2.05) is 17.0 Å². The van der Waals surface area contributed by atoms with Crippen LogP contribution >= 0.6 is 0 Å². The third-order valence-electron chi connectivity index (χ3n) is 5.27. The van der Waals surface area contributed by atoms with Crippen LogP contribution in [-0.2, 0) is 16.1 Å². The first kappa shape index (κ1) is 17.0. The van der Waals surface area contributed by atoms with E-state index in [1.54, 1.807) is 0 Å². The molecule has 2 amide bonds. The molecule has 130 valence electrons. The number of carbonyl (C=O) groups excluding carboxylic acids is 2. The van der Waals surface area contributed by atoms with Crippen LogP contribution in [0.1, 0.15) is 50.2 Å². The molecular weight excluding hydrogens is 302 g/mol. The Balaban J connectivity index is 1.71. The highest BCUT2D eigenvalue weighted by molar-refractivity contribution is 5.84. The van der Waals surface area contributed by atoms with E-state index in [9.17, 15) is 9.59 Å². The van der Waals surface area contributed by atoms with Gasteiger partial charge in [0.1, 0.15) is 0 Å². The van der Waals surface area contributed by atoms with E-state index in [0.717, 1.165) is 18.4 Å². The minimum absolute atomic E-state index is 0.0299. The summed E-state index contributed by atoms with van der Waals surface area (Å²) >= 11 is 0. The van der Waals surface area contributed by atoms with E-state index < -0.39 is 0 Å². The van der Waals surface area contributed by atoms with Gasteiger partial charge in [-0.25, -0.2) is 0 Å². The van der Waals surface area contributed by atoms with E-state index in [4.69, 9.17) is 11.5 Å². The van der Waals surface area contributed by atoms with Crippen molar-refractivity contribution in [1.82, 2.24) is 4.90 Å². The maximum Gasteiger partial charge on any atom is 0.226 e. The lowest BCUT2D eigenvalue weighted by Gasteiger charge is -2.24. The van der Waals surface area contributed by atoms with Crippen molar-refractivity contribution in [3.8, 4) is 0 Å². The van der Waals surface area contributed by atoms with Crippen LogP contribution in [0, 0.1) is 11.3 Å². The maximum atomic E-state index is 13.0. The Kier molecular flexibility index (Phi) is 4.38. The Morgan fingerprint density at radius 2 is 2.08 bits per heavy atom. The fourth-order valence-corrected chi connectivity index (χ4v) is 4.08. The monoisotopic (exact) mass is 329 g/mol. The molecule has 1 aromatic carbocycles. The molecular formula is C19H27N3O2. The first-order valence-corrected chi connectivity index (χ1v) is 8.68. The van der Waals surface area contributed by atoms with Crippen LogP contribution in [0.2, 0.25) is 0 Å². The van der Waals surface area contributed by atoms with Crippen molar-refractivity contribution in [2.24, 2.45) is 22.8 Å². The number of benzene rings is 1. The second kappa shape index (κ2) is 6.20. The molecule has 1 unspecified atom stereocenters. The standard InChI is InChI=1S/C19H27N3O2/c1-19(2)9-14(7-17(21)23)22(11-19)18(24)16-8-15(16)13-5-3-4-12(6-13)10-20/h3-6,14-16H,7-11,20H2,1-2H3,(H2,21,23)/t14?,15-,16+/m0/s1. The third-order valence-corrected chi connectivity index (χ3v) is 5.27. The van der Waals surface area contributed by atoms with Gasteiger partial charge in [0.2, 0.25) is 11.8 Å². The van der Waals surface area contributed by atoms with Gasteiger partial charge in [-0.3, -0.25) is 9.59 Å². The normalized spacial score (nSPS) is 28.0. The second-order valence-electron chi connectivity index (χ2n) is 8.06. The number of nitrogens with two attached hydrogens (primary N) is 2. The van der Waals surface area contributed by atoms with Crippen LogP contribution in [-0.4, -0.2) is 29.3 Å². The van der Waals surface area contributed by atoms with Crippen molar-refractivity contribution in [3.63, 3.8) is 0 Å². The van der Waals surface area contributed by atoms with Gasteiger partial charge in [0.25, 0.3) is 0 Å². The van der Waals surface area contributed by atoms with Crippen molar-refractivity contribution in [3.05, 3.63) is 35.4 Å². The summed E-state index contributed by atoms with van der Waals surface area (Å²) < 4.78 is 0. The number of amides is 2. The Morgan fingerprint density at radius 3 is 2.75 bits per heavy atom. The zero-order valence-corrected chi connectivity index (χ0v) is 14.5. The van der Waals surface area contributed by atoms with Gasteiger partial charge in [0, 0.05) is 31.5 Å². The molecule has 3 rings (SSSR count). The average Bonchev–Trinajstić information content (AvgIpc) is 3.26. The Labute approximate surface area is 143 Å². The molecule has 0 radical (unpaired) electrons. The van der Waals surface area contributed by atoms with Gasteiger partial charge in [-0.15, -0.1) is 0 Å². The molecule has 3 atom stereocenters. The number of likely N-dealkylation sites (tertiary alicyclic amines) is 1. The molecule has 0 aromatic heterocycles. The predicted molar refractivity (Wildman–Crippen MR) is 92.9 cm³/mol. The first-order chi connectivity index (χ1) is 11.3. The number of carbonyl (C=O) groups is 2. The van der Waals surface area contributed by atoms with Crippen molar-refractivity contribution in [2.75, 3.05) is 6.54 Å². The molecule has 1 saturated heterocycles. The van der Waals surface area contributed by atoms with E-state index >= 15 is 0 Å². The fourth-order valence-electron chi connectivity index (χ4n) is 4.08. The van der Waals surface area contributed by atoms with Gasteiger partial charge in [0.15, 0.2) is 0 Å². The van der Waals surface area contributed by atoms with Crippen LogP contribution < -0.4 is 11.5 Å². The number of rotatable bonds is 5. The van der Waals surface area contributed by atoms with Crippen LogP contribution in [0.25, 0.3) is 0 Å². The molecule has 1 aromatic rings. The van der Waals surface area contributed by atoms with E-state index in [0.29, 0.717) is 13.1 Å². The van der Waals surface area contributed by atoms with Crippen LogP contribution in [0.5, 0.6) is 0 Å². The van der Waals surface area contributed by atoms with Crippen molar-refractivity contribution in [1.29, 1.82) is 0 Å². The van der Waals surface area contributed by atoms with Gasteiger partial charge >= 0.3 is 0 Å². The minimum atomic E-state index is -0.335. The average molecular weight is 329 g/mol. The lowest BCUT2D eigenvalue weighted by molar-refractivity contribution is -0.134. The number of nitrogens with zero attached hydrogens (tertiary/aromatic N) is 1. The second-order valence-corrected chi connectivity index (χ2v) is 8.06. The highest BCUT2D eigenvalue weighted by Crippen LogP contribution is 2.50. The Bertz CT molecular complexity index is 656. The summed E-state index contributed by atoms with van der Waals surface area (Å²) in [5, 5.41) is 0. The smallest absolute Gasteiger partial charge is 0.226 e. The minimum Gasteiger partial charge on any atom is -0.370 e. The van der Waals surface area contributed by atoms with Gasteiger partial charge in [-0.2, -0.15) is 0 Å². The molecule has 2 aliphatic rings. The van der Waals surface area contributed by atoms with Crippen LogP contribution in [0.4, 0.5) is 0 Å². The summed E-state index contributed by atoms with van der Waals surface area (Å²) in [5.74, 6) is 0.151. The van der Waals surface area contributed by atoms with Gasteiger partial charge < -0.3 is 16.4 Å². The molecule has 4 N–H and O–H groups in total. The lowest BCUT2D eigenvalue weighted by atomic mass is 9.90. The highest BCUT2D eigenvalue weighted by atomic mass is 16.2. The summed E-state index contributed by atoms with van der Waals surface area (Å²) in [6, 6.07) is 8.14. The van der Waals surface area contributed by atoms with Crippen molar-refractivity contribution in [2.45, 2.75) is 51.6 Å². The molecule has 5 nitrogen and oxygen atoms in total. The Hall–Kier alpha value is -1.88. The summed E-state index contributed by atoms with van der Waals surface area (Å²) in [7, 11) is 0. The SMILES string of the molecule is CC1(C)CC(CC(N)=O)N(C(=O)[C@@H]2C[C@H]2c2cccc(CN)c2)C1. The van der Waals surface area contributed by atoms with Crippen LogP contribution in [0.15, 0.2) is 24.3 Å².